The van der Waals surface area contributed by atoms with Gasteiger partial charge in [-0.2, -0.15) is 0 Å². The normalized spacial score (nSPS) is 25.7. The molecule has 2 heterocycles. The Morgan fingerprint density at radius 1 is 1.09 bits per heavy atom. The minimum absolute atomic E-state index is 0.105. The number of aliphatic hydroxyl groups is 1. The van der Waals surface area contributed by atoms with Crippen LogP contribution in [0.15, 0.2) is 60.7 Å². The van der Waals surface area contributed by atoms with Gasteiger partial charge in [-0.05, 0) is 17.5 Å². The molecule has 0 bridgehead atoms. The summed E-state index contributed by atoms with van der Waals surface area (Å²) in [5.74, 6) is -0.543. The van der Waals surface area contributed by atoms with Crippen LogP contribution in [0, 0.1) is 5.92 Å². The van der Waals surface area contributed by atoms with Gasteiger partial charge in [-0.3, -0.25) is 4.79 Å². The van der Waals surface area contributed by atoms with Crippen LogP contribution in [-0.4, -0.2) is 56.8 Å². The van der Waals surface area contributed by atoms with Crippen molar-refractivity contribution < 1.29 is 19.4 Å². The Morgan fingerprint density at radius 2 is 1.66 bits per heavy atom. The predicted molar refractivity (Wildman–Crippen MR) is 125 cm³/mol. The molecular weight excluding hydrogens is 424 g/mol. The topological polar surface area (TPSA) is 70.1 Å². The van der Waals surface area contributed by atoms with Gasteiger partial charge in [0.25, 0.3) is 0 Å². The molecule has 2 aromatic carbocycles. The first-order valence-electron chi connectivity index (χ1n) is 11.1. The lowest BCUT2D eigenvalue weighted by molar-refractivity contribution is -0.153. The van der Waals surface area contributed by atoms with E-state index in [0.29, 0.717) is 25.3 Å². The molecule has 32 heavy (non-hydrogen) atoms. The van der Waals surface area contributed by atoms with Gasteiger partial charge in [-0.25, -0.2) is 4.79 Å². The number of urea groups is 1. The van der Waals surface area contributed by atoms with Crippen molar-refractivity contribution in [1.29, 1.82) is 0 Å². The molecule has 170 valence electrons. The molecule has 2 saturated heterocycles. The maximum absolute atomic E-state index is 13.7. The largest absolute Gasteiger partial charge is 0.469 e. The molecule has 6 nitrogen and oxygen atoms in total. The van der Waals surface area contributed by atoms with E-state index in [4.69, 9.17) is 4.74 Å². The fourth-order valence-corrected chi connectivity index (χ4v) is 6.60. The van der Waals surface area contributed by atoms with Crippen LogP contribution >= 0.6 is 11.8 Å². The first kappa shape index (κ1) is 22.7. The Morgan fingerprint density at radius 3 is 2.19 bits per heavy atom. The average Bonchev–Trinajstić information content (AvgIpc) is 3.29. The third-order valence-corrected chi connectivity index (χ3v) is 7.95. The fraction of sp³-hybridized carbons (Fsp3) is 0.440. The van der Waals surface area contributed by atoms with E-state index in [1.165, 1.54) is 18.9 Å². The van der Waals surface area contributed by atoms with Crippen molar-refractivity contribution in [1.82, 2.24) is 9.80 Å². The summed E-state index contributed by atoms with van der Waals surface area (Å²) in [7, 11) is 1.36. The maximum atomic E-state index is 13.7. The number of fused-ring (bicyclic) bond motifs is 1. The Labute approximate surface area is 193 Å². The van der Waals surface area contributed by atoms with E-state index in [-0.39, 0.29) is 12.1 Å². The molecule has 0 radical (unpaired) electrons. The molecule has 0 saturated carbocycles. The second kappa shape index (κ2) is 9.55. The van der Waals surface area contributed by atoms with E-state index in [1.54, 1.807) is 4.90 Å². The Bertz CT molecular complexity index is 941. The molecule has 2 amide bonds. The summed E-state index contributed by atoms with van der Waals surface area (Å²) < 4.78 is 5.06. The standard InChI is InChI=1S/C25H30N2O4S/c1-3-10-20(23(28)31-2)25(30)22-21(17-32-25)26(15-18-11-6-4-7-12-18)24(29)27(22)16-19-13-8-5-9-14-19/h4-9,11-14,20-22,30H,3,10,15-17H2,1-2H3. The van der Waals surface area contributed by atoms with Gasteiger partial charge in [-0.15, -0.1) is 11.8 Å². The molecule has 2 aliphatic heterocycles. The van der Waals surface area contributed by atoms with E-state index in [1.807, 2.05) is 72.5 Å². The van der Waals surface area contributed by atoms with Gasteiger partial charge in [0.2, 0.25) is 0 Å². The predicted octanol–water partition coefficient (Wildman–Crippen LogP) is 3.89. The Hall–Kier alpha value is -2.51. The summed E-state index contributed by atoms with van der Waals surface area (Å²) in [6, 6.07) is 18.9. The zero-order valence-electron chi connectivity index (χ0n) is 18.5. The van der Waals surface area contributed by atoms with Crippen LogP contribution in [0.3, 0.4) is 0 Å². The summed E-state index contributed by atoms with van der Waals surface area (Å²) in [5.41, 5.74) is 2.03. The molecule has 4 atom stereocenters. The van der Waals surface area contributed by atoms with Crippen molar-refractivity contribution in [3.05, 3.63) is 71.8 Å². The number of carbonyl (C=O) groups excluding carboxylic acids is 2. The monoisotopic (exact) mass is 454 g/mol. The molecule has 0 aromatic heterocycles. The molecule has 0 spiro atoms. The summed E-state index contributed by atoms with van der Waals surface area (Å²) >= 11 is 1.38. The van der Waals surface area contributed by atoms with Gasteiger partial charge >= 0.3 is 12.0 Å². The van der Waals surface area contributed by atoms with Crippen molar-refractivity contribution >= 4 is 23.8 Å². The smallest absolute Gasteiger partial charge is 0.321 e. The fourth-order valence-electron chi connectivity index (χ4n) is 4.93. The Balaban J connectivity index is 1.71. The zero-order valence-corrected chi connectivity index (χ0v) is 19.3. The van der Waals surface area contributed by atoms with E-state index in [9.17, 15) is 14.7 Å². The number of benzene rings is 2. The number of nitrogens with zero attached hydrogens (tertiary/aromatic N) is 2. The van der Waals surface area contributed by atoms with Gasteiger partial charge in [0.15, 0.2) is 0 Å². The highest BCUT2D eigenvalue weighted by atomic mass is 32.2. The third kappa shape index (κ3) is 4.11. The Kier molecular flexibility index (Phi) is 6.76. The maximum Gasteiger partial charge on any atom is 0.321 e. The molecule has 0 aliphatic carbocycles. The SMILES string of the molecule is CCCC(C(=O)OC)C1(O)SCC2C1N(Cc1ccccc1)C(=O)N2Cc1ccccc1. The average molecular weight is 455 g/mol. The molecule has 4 unspecified atom stereocenters. The quantitative estimate of drug-likeness (QED) is 0.484. The van der Waals surface area contributed by atoms with Gasteiger partial charge in [0, 0.05) is 18.8 Å². The van der Waals surface area contributed by atoms with Crippen molar-refractivity contribution in [3.63, 3.8) is 0 Å². The highest BCUT2D eigenvalue weighted by Crippen LogP contribution is 2.51. The molecule has 2 aliphatic rings. The number of methoxy groups -OCH3 is 1. The van der Waals surface area contributed by atoms with Gasteiger partial charge < -0.3 is 19.6 Å². The molecule has 4 rings (SSSR count). The summed E-state index contributed by atoms with van der Waals surface area (Å²) in [6.07, 6.45) is 1.24. The van der Waals surface area contributed by atoms with Gasteiger partial charge in [0.1, 0.15) is 4.93 Å². The van der Waals surface area contributed by atoms with Gasteiger partial charge in [-0.1, -0.05) is 74.0 Å². The molecule has 2 aromatic rings. The molecule has 7 heteroatoms. The molecule has 1 N–H and O–H groups in total. The van der Waals surface area contributed by atoms with Crippen LogP contribution in [0.2, 0.25) is 0 Å². The summed E-state index contributed by atoms with van der Waals surface area (Å²) in [4.78, 5) is 28.6. The minimum atomic E-state index is -1.40. The van der Waals surface area contributed by atoms with Crippen molar-refractivity contribution in [3.8, 4) is 0 Å². The summed E-state index contributed by atoms with van der Waals surface area (Å²) in [6.45, 7) is 2.84. The number of esters is 1. The molecular formula is C25H30N2O4S. The zero-order chi connectivity index (χ0) is 22.7. The summed E-state index contributed by atoms with van der Waals surface area (Å²) in [5, 5.41) is 11.9. The van der Waals surface area contributed by atoms with E-state index in [2.05, 4.69) is 0 Å². The van der Waals surface area contributed by atoms with E-state index in [0.717, 1.165) is 17.5 Å². The number of rotatable bonds is 8. The van der Waals surface area contributed by atoms with Crippen LogP contribution in [-0.2, 0) is 22.6 Å². The second-order valence-electron chi connectivity index (χ2n) is 8.45. The highest BCUT2D eigenvalue weighted by molar-refractivity contribution is 8.00. The lowest BCUT2D eigenvalue weighted by atomic mass is 9.88. The van der Waals surface area contributed by atoms with Crippen molar-refractivity contribution in [2.45, 2.75) is 49.9 Å². The van der Waals surface area contributed by atoms with E-state index >= 15 is 0 Å². The lowest BCUT2D eigenvalue weighted by Crippen LogP contribution is -2.55. The van der Waals surface area contributed by atoms with Crippen molar-refractivity contribution in [2.24, 2.45) is 5.92 Å². The molecule has 2 fully saturated rings. The number of amides is 2. The number of thioether (sulfide) groups is 1. The van der Waals surface area contributed by atoms with Crippen LogP contribution in [0.25, 0.3) is 0 Å². The van der Waals surface area contributed by atoms with Crippen LogP contribution in [0.5, 0.6) is 0 Å². The van der Waals surface area contributed by atoms with Crippen LogP contribution < -0.4 is 0 Å². The minimum Gasteiger partial charge on any atom is -0.469 e. The van der Waals surface area contributed by atoms with E-state index < -0.39 is 22.9 Å². The highest BCUT2D eigenvalue weighted by Gasteiger charge is 2.64. The first-order valence-corrected chi connectivity index (χ1v) is 12.1. The van der Waals surface area contributed by atoms with Gasteiger partial charge in [0.05, 0.1) is 25.1 Å². The van der Waals surface area contributed by atoms with Crippen molar-refractivity contribution in [2.75, 3.05) is 12.9 Å². The lowest BCUT2D eigenvalue weighted by Gasteiger charge is -2.38. The van der Waals surface area contributed by atoms with Crippen LogP contribution in [0.1, 0.15) is 30.9 Å². The number of hydrogen-bond acceptors (Lipinski definition) is 5. The number of ether oxygens (including phenoxy) is 1. The number of hydrogen-bond donors (Lipinski definition) is 1. The third-order valence-electron chi connectivity index (χ3n) is 6.45. The number of carbonyl (C=O) groups is 2. The second-order valence-corrected chi connectivity index (χ2v) is 9.73. The van der Waals surface area contributed by atoms with Crippen LogP contribution in [0.4, 0.5) is 4.79 Å². The first-order chi connectivity index (χ1) is 15.5.